The van der Waals surface area contributed by atoms with Crippen LogP contribution in [0.4, 0.5) is 19.3 Å². The highest BCUT2D eigenvalue weighted by Gasteiger charge is 2.41. The van der Waals surface area contributed by atoms with Gasteiger partial charge in [0.25, 0.3) is 5.92 Å². The summed E-state index contributed by atoms with van der Waals surface area (Å²) in [5, 5.41) is 4.20. The smallest absolute Gasteiger partial charge is 0.407 e. The number of amides is 1. The molecule has 0 aliphatic carbocycles. The van der Waals surface area contributed by atoms with Gasteiger partial charge >= 0.3 is 12.1 Å². The van der Waals surface area contributed by atoms with Crippen LogP contribution in [-0.4, -0.2) is 49.8 Å². The van der Waals surface area contributed by atoms with E-state index in [1.165, 1.54) is 12.0 Å². The first-order chi connectivity index (χ1) is 11.9. The molecule has 6 nitrogen and oxygen atoms in total. The lowest BCUT2D eigenvalue weighted by Crippen LogP contribution is -2.50. The van der Waals surface area contributed by atoms with Crippen molar-refractivity contribution in [1.29, 1.82) is 0 Å². The minimum absolute atomic E-state index is 0.114. The second kappa shape index (κ2) is 7.38. The van der Waals surface area contributed by atoms with Crippen LogP contribution in [0.5, 0.6) is 0 Å². The summed E-state index contributed by atoms with van der Waals surface area (Å²) in [5.41, 5.74) is 0.224. The first-order valence-electron chi connectivity index (χ1n) is 8.23. The highest BCUT2D eigenvalue weighted by molar-refractivity contribution is 7.12. The average Bonchev–Trinajstić information content (AvgIpc) is 2.86. The molecule has 1 aromatic heterocycles. The molecule has 0 aromatic carbocycles. The highest BCUT2D eigenvalue weighted by Crippen LogP contribution is 2.41. The Bertz CT molecular complexity index is 685. The van der Waals surface area contributed by atoms with E-state index < -0.39 is 42.6 Å². The van der Waals surface area contributed by atoms with Gasteiger partial charge in [-0.2, -0.15) is 0 Å². The van der Waals surface area contributed by atoms with Crippen molar-refractivity contribution in [2.24, 2.45) is 0 Å². The Hall–Kier alpha value is -1.90. The van der Waals surface area contributed by atoms with Crippen LogP contribution in [0.2, 0.25) is 0 Å². The summed E-state index contributed by atoms with van der Waals surface area (Å²) in [4.78, 5) is 25.6. The number of carbonyl (C=O) groups excluding carboxylic acids is 2. The summed E-state index contributed by atoms with van der Waals surface area (Å²) in [6, 6.07) is -0.461. The minimum atomic E-state index is -2.91. The third kappa shape index (κ3) is 5.06. The van der Waals surface area contributed by atoms with Gasteiger partial charge in [0, 0.05) is 19.0 Å². The number of hydrogen-bond acceptors (Lipinski definition) is 6. The first kappa shape index (κ1) is 20.4. The summed E-state index contributed by atoms with van der Waals surface area (Å²) >= 11 is 1.09. The van der Waals surface area contributed by atoms with Gasteiger partial charge < -0.3 is 19.7 Å². The maximum atomic E-state index is 14.1. The number of anilines is 1. The van der Waals surface area contributed by atoms with E-state index in [-0.39, 0.29) is 6.54 Å². The van der Waals surface area contributed by atoms with Gasteiger partial charge in [-0.25, -0.2) is 18.4 Å². The zero-order valence-corrected chi connectivity index (χ0v) is 16.3. The number of carbonyl (C=O) groups is 2. The maximum absolute atomic E-state index is 14.1. The molecule has 0 saturated carbocycles. The van der Waals surface area contributed by atoms with Crippen molar-refractivity contribution in [1.82, 2.24) is 5.32 Å². The van der Waals surface area contributed by atoms with Crippen LogP contribution in [0.3, 0.4) is 0 Å². The van der Waals surface area contributed by atoms with E-state index in [4.69, 9.17) is 9.47 Å². The van der Waals surface area contributed by atoms with E-state index in [0.717, 1.165) is 11.3 Å². The number of halogens is 2. The fraction of sp³-hybridized carbons (Fsp3) is 0.647. The van der Waals surface area contributed by atoms with Gasteiger partial charge in [0.05, 0.1) is 19.3 Å². The number of rotatable bonds is 4. The molecule has 2 rings (SSSR count). The Kier molecular flexibility index (Phi) is 5.79. The van der Waals surface area contributed by atoms with Crippen molar-refractivity contribution >= 4 is 29.1 Å². The molecular weight excluding hydrogens is 366 g/mol. The molecule has 1 N–H and O–H groups in total. The lowest BCUT2D eigenvalue weighted by atomic mass is 10.0. The molecule has 1 atom stereocenters. The molecule has 1 aliphatic heterocycles. The fourth-order valence-electron chi connectivity index (χ4n) is 2.83. The van der Waals surface area contributed by atoms with E-state index in [0.29, 0.717) is 16.1 Å². The number of methoxy groups -OCH3 is 1. The Morgan fingerprint density at radius 2 is 2.08 bits per heavy atom. The zero-order chi connectivity index (χ0) is 19.7. The summed E-state index contributed by atoms with van der Waals surface area (Å²) in [6.07, 6.45) is -1.03. The van der Waals surface area contributed by atoms with Gasteiger partial charge in [-0.15, -0.1) is 11.3 Å². The van der Waals surface area contributed by atoms with Crippen molar-refractivity contribution < 1.29 is 27.8 Å². The first-order valence-corrected chi connectivity index (χ1v) is 9.11. The molecule has 26 heavy (non-hydrogen) atoms. The Labute approximate surface area is 155 Å². The highest BCUT2D eigenvalue weighted by atomic mass is 32.1. The van der Waals surface area contributed by atoms with Gasteiger partial charge in [-0.1, -0.05) is 0 Å². The zero-order valence-electron chi connectivity index (χ0n) is 15.5. The van der Waals surface area contributed by atoms with E-state index in [2.05, 4.69) is 5.32 Å². The number of nitrogens with zero attached hydrogens (tertiary/aromatic N) is 1. The Morgan fingerprint density at radius 3 is 2.65 bits per heavy atom. The summed E-state index contributed by atoms with van der Waals surface area (Å²) in [7, 11) is 1.25. The molecule has 1 aromatic rings. The molecular formula is C17H24F2N2O4S. The number of nitrogens with one attached hydrogen (secondary N) is 1. The summed E-state index contributed by atoms with van der Waals surface area (Å²) in [6.45, 7) is 6.50. The van der Waals surface area contributed by atoms with Gasteiger partial charge in [0.1, 0.15) is 10.5 Å². The third-order valence-electron chi connectivity index (χ3n) is 3.65. The molecule has 0 radical (unpaired) electrons. The van der Waals surface area contributed by atoms with Crippen LogP contribution in [0.25, 0.3) is 0 Å². The van der Waals surface area contributed by atoms with Crippen molar-refractivity contribution in [2.75, 3.05) is 25.1 Å². The Balaban J connectivity index is 2.17. The van der Waals surface area contributed by atoms with E-state index in [1.807, 2.05) is 0 Å². The standard InChI is InChI=1S/C17H24F2N2O4S/c1-10(20-15(23)25-16(2,3)4)7-21-9-17(18,19)6-11-8-26-13(12(11)21)14(22)24-5/h8,10H,6-7,9H2,1-5H3,(H,20,23). The molecule has 1 amide bonds. The van der Waals surface area contributed by atoms with Gasteiger partial charge in [0.2, 0.25) is 0 Å². The van der Waals surface area contributed by atoms with Crippen LogP contribution < -0.4 is 10.2 Å². The lowest BCUT2D eigenvalue weighted by molar-refractivity contribution is 0.00502. The maximum Gasteiger partial charge on any atom is 0.407 e. The molecule has 0 fully saturated rings. The average molecular weight is 390 g/mol. The lowest BCUT2D eigenvalue weighted by Gasteiger charge is -2.36. The Morgan fingerprint density at radius 1 is 1.42 bits per heavy atom. The molecule has 1 aliphatic rings. The second-order valence-corrected chi connectivity index (χ2v) is 8.27. The number of ether oxygens (including phenoxy) is 2. The number of alkyl carbamates (subject to hydrolysis) is 1. The van der Waals surface area contributed by atoms with Crippen LogP contribution in [0.1, 0.15) is 42.9 Å². The number of thiophene rings is 1. The molecule has 0 spiro atoms. The van der Waals surface area contributed by atoms with Crippen molar-refractivity contribution in [3.05, 3.63) is 15.8 Å². The molecule has 146 valence electrons. The molecule has 0 saturated heterocycles. The predicted molar refractivity (Wildman–Crippen MR) is 95.4 cm³/mol. The van der Waals surface area contributed by atoms with E-state index in [1.54, 1.807) is 33.1 Å². The van der Waals surface area contributed by atoms with Crippen molar-refractivity contribution in [2.45, 2.75) is 51.7 Å². The second-order valence-electron chi connectivity index (χ2n) is 7.39. The van der Waals surface area contributed by atoms with Gasteiger partial charge in [-0.3, -0.25) is 0 Å². The normalized spacial score (nSPS) is 17.3. The predicted octanol–water partition coefficient (Wildman–Crippen LogP) is 3.45. The topological polar surface area (TPSA) is 67.9 Å². The third-order valence-corrected chi connectivity index (χ3v) is 4.65. The molecule has 9 heteroatoms. The van der Waals surface area contributed by atoms with Crippen LogP contribution in [0, 0.1) is 0 Å². The molecule has 0 bridgehead atoms. The van der Waals surface area contributed by atoms with E-state index >= 15 is 0 Å². The summed E-state index contributed by atoms with van der Waals surface area (Å²) < 4.78 is 38.1. The number of esters is 1. The molecule has 1 unspecified atom stereocenters. The quantitative estimate of drug-likeness (QED) is 0.798. The van der Waals surface area contributed by atoms with E-state index in [9.17, 15) is 18.4 Å². The van der Waals surface area contributed by atoms with Crippen LogP contribution >= 0.6 is 11.3 Å². The van der Waals surface area contributed by atoms with Crippen LogP contribution in [0.15, 0.2) is 5.38 Å². The van der Waals surface area contributed by atoms with Gasteiger partial charge in [-0.05, 0) is 38.6 Å². The van der Waals surface area contributed by atoms with Gasteiger partial charge in [0.15, 0.2) is 0 Å². The summed E-state index contributed by atoms with van der Waals surface area (Å²) in [5.74, 6) is -3.47. The van der Waals surface area contributed by atoms with Crippen molar-refractivity contribution in [3.63, 3.8) is 0 Å². The SMILES string of the molecule is COC(=O)c1scc2c1N(CC(C)NC(=O)OC(C)(C)C)CC(F)(F)C2. The molecule has 2 heterocycles. The van der Waals surface area contributed by atoms with Crippen LogP contribution in [-0.2, 0) is 15.9 Å². The fourth-order valence-corrected chi connectivity index (χ4v) is 3.84. The minimum Gasteiger partial charge on any atom is -0.465 e. The van der Waals surface area contributed by atoms with Crippen molar-refractivity contribution in [3.8, 4) is 0 Å². The number of alkyl halides is 2. The number of hydrogen-bond donors (Lipinski definition) is 1. The largest absolute Gasteiger partial charge is 0.465 e. The number of fused-ring (bicyclic) bond motifs is 1. The monoisotopic (exact) mass is 390 g/mol.